The van der Waals surface area contributed by atoms with Crippen molar-refractivity contribution in [3.05, 3.63) is 29.8 Å². The maximum Gasteiger partial charge on any atom is 0.311 e. The number of para-hydroxylation sites is 1. The number of esters is 2. The molecular weight excluding hydrogens is 304 g/mol. The summed E-state index contributed by atoms with van der Waals surface area (Å²) in [7, 11) is 0. The van der Waals surface area contributed by atoms with Crippen LogP contribution in [0, 0.1) is 6.92 Å². The molecule has 0 spiro atoms. The van der Waals surface area contributed by atoms with Crippen LogP contribution in [-0.4, -0.2) is 18.5 Å². The van der Waals surface area contributed by atoms with E-state index in [4.69, 9.17) is 9.47 Å². The fourth-order valence-electron chi connectivity index (χ4n) is 2.35. The van der Waals surface area contributed by atoms with Crippen molar-refractivity contribution in [2.45, 2.75) is 71.6 Å². The van der Waals surface area contributed by atoms with Crippen molar-refractivity contribution in [3.63, 3.8) is 0 Å². The quantitative estimate of drug-likeness (QED) is 0.307. The maximum atomic E-state index is 11.8. The predicted octanol–water partition coefficient (Wildman–Crippen LogP) is 4.97. The minimum absolute atomic E-state index is 0.131. The summed E-state index contributed by atoms with van der Waals surface area (Å²) in [5.74, 6) is 0.269. The van der Waals surface area contributed by atoms with Gasteiger partial charge in [0.1, 0.15) is 5.75 Å². The zero-order valence-corrected chi connectivity index (χ0v) is 15.0. The molecule has 0 aliphatic heterocycles. The van der Waals surface area contributed by atoms with Gasteiger partial charge in [0.2, 0.25) is 0 Å². The van der Waals surface area contributed by atoms with Crippen LogP contribution in [0.15, 0.2) is 24.3 Å². The Morgan fingerprint density at radius 2 is 1.54 bits per heavy atom. The number of rotatable bonds is 12. The molecule has 1 rings (SSSR count). The number of carbonyl (C=O) groups excluding carboxylic acids is 2. The predicted molar refractivity (Wildman–Crippen MR) is 95.0 cm³/mol. The van der Waals surface area contributed by atoms with Gasteiger partial charge in [-0.1, -0.05) is 50.8 Å². The van der Waals surface area contributed by atoms with Gasteiger partial charge >= 0.3 is 11.9 Å². The maximum absolute atomic E-state index is 11.8. The van der Waals surface area contributed by atoms with E-state index < -0.39 is 0 Å². The molecule has 0 amide bonds. The van der Waals surface area contributed by atoms with Gasteiger partial charge in [-0.3, -0.25) is 9.59 Å². The lowest BCUT2D eigenvalue weighted by Crippen LogP contribution is -2.09. The average Bonchev–Trinajstić information content (AvgIpc) is 2.56. The van der Waals surface area contributed by atoms with E-state index in [1.165, 1.54) is 12.8 Å². The second-order valence-electron chi connectivity index (χ2n) is 6.08. The summed E-state index contributed by atoms with van der Waals surface area (Å²) in [6.07, 6.45) is 7.56. The van der Waals surface area contributed by atoms with Crippen LogP contribution in [0.25, 0.3) is 0 Å². The average molecular weight is 334 g/mol. The van der Waals surface area contributed by atoms with Crippen LogP contribution in [0.5, 0.6) is 5.75 Å². The highest BCUT2D eigenvalue weighted by Gasteiger charge is 2.07. The Balaban J connectivity index is 2.02. The smallest absolute Gasteiger partial charge is 0.311 e. The molecule has 0 N–H and O–H groups in total. The highest BCUT2D eigenvalue weighted by molar-refractivity contribution is 5.72. The summed E-state index contributed by atoms with van der Waals surface area (Å²) in [6, 6.07) is 7.47. The lowest BCUT2D eigenvalue weighted by molar-refractivity contribution is -0.143. The van der Waals surface area contributed by atoms with Gasteiger partial charge < -0.3 is 9.47 Å². The molecule has 1 aromatic carbocycles. The van der Waals surface area contributed by atoms with E-state index in [-0.39, 0.29) is 11.9 Å². The second-order valence-corrected chi connectivity index (χ2v) is 6.08. The fraction of sp³-hybridized carbons (Fsp3) is 0.600. The van der Waals surface area contributed by atoms with Crippen LogP contribution in [0.3, 0.4) is 0 Å². The van der Waals surface area contributed by atoms with Crippen molar-refractivity contribution >= 4 is 11.9 Å². The molecular formula is C20H30O4. The van der Waals surface area contributed by atoms with Gasteiger partial charge in [-0.15, -0.1) is 0 Å². The van der Waals surface area contributed by atoms with Crippen LogP contribution < -0.4 is 4.74 Å². The van der Waals surface area contributed by atoms with E-state index in [1.54, 1.807) is 6.07 Å². The first kappa shape index (κ1) is 20.2. The third kappa shape index (κ3) is 9.33. The monoisotopic (exact) mass is 334 g/mol. The molecule has 134 valence electrons. The zero-order valence-electron chi connectivity index (χ0n) is 15.0. The molecule has 0 radical (unpaired) electrons. The minimum atomic E-state index is -0.220. The van der Waals surface area contributed by atoms with E-state index in [1.807, 2.05) is 25.1 Å². The van der Waals surface area contributed by atoms with Crippen LogP contribution in [-0.2, 0) is 14.3 Å². The van der Waals surface area contributed by atoms with Crippen LogP contribution >= 0.6 is 0 Å². The molecule has 0 aliphatic rings. The Morgan fingerprint density at radius 1 is 0.875 bits per heavy atom. The molecule has 1 aromatic rings. The third-order valence-corrected chi connectivity index (χ3v) is 3.84. The molecule has 0 saturated heterocycles. The first-order chi connectivity index (χ1) is 11.6. The van der Waals surface area contributed by atoms with Gasteiger partial charge in [0.25, 0.3) is 0 Å². The molecule has 0 atom stereocenters. The van der Waals surface area contributed by atoms with Crippen molar-refractivity contribution in [2.75, 3.05) is 6.61 Å². The zero-order chi connectivity index (χ0) is 17.6. The molecule has 0 bridgehead atoms. The Hall–Kier alpha value is -1.84. The Bertz CT molecular complexity index is 496. The number of hydrogen-bond acceptors (Lipinski definition) is 4. The van der Waals surface area contributed by atoms with Crippen molar-refractivity contribution in [2.24, 2.45) is 0 Å². The number of aryl methyl sites for hydroxylation is 1. The molecule has 0 aliphatic carbocycles. The topological polar surface area (TPSA) is 52.6 Å². The number of benzene rings is 1. The van der Waals surface area contributed by atoms with E-state index >= 15 is 0 Å². The fourth-order valence-corrected chi connectivity index (χ4v) is 2.35. The second kappa shape index (κ2) is 12.6. The summed E-state index contributed by atoms with van der Waals surface area (Å²) >= 11 is 0. The minimum Gasteiger partial charge on any atom is -0.466 e. The van der Waals surface area contributed by atoms with Gasteiger partial charge in [0.05, 0.1) is 6.61 Å². The van der Waals surface area contributed by atoms with Gasteiger partial charge in [-0.2, -0.15) is 0 Å². The summed E-state index contributed by atoms with van der Waals surface area (Å²) in [6.45, 7) is 4.60. The highest BCUT2D eigenvalue weighted by atomic mass is 16.5. The molecule has 0 unspecified atom stereocenters. The van der Waals surface area contributed by atoms with Gasteiger partial charge in [0, 0.05) is 12.8 Å². The van der Waals surface area contributed by atoms with E-state index in [0.717, 1.165) is 37.7 Å². The molecule has 24 heavy (non-hydrogen) atoms. The van der Waals surface area contributed by atoms with Crippen molar-refractivity contribution < 1.29 is 19.1 Å². The molecule has 4 heteroatoms. The first-order valence-electron chi connectivity index (χ1n) is 9.05. The summed E-state index contributed by atoms with van der Waals surface area (Å²) < 4.78 is 10.5. The van der Waals surface area contributed by atoms with Crippen LogP contribution in [0.1, 0.15) is 70.3 Å². The van der Waals surface area contributed by atoms with Crippen LogP contribution in [0.4, 0.5) is 0 Å². The molecule has 4 nitrogen and oxygen atoms in total. The largest absolute Gasteiger partial charge is 0.466 e. The van der Waals surface area contributed by atoms with Gasteiger partial charge in [-0.25, -0.2) is 0 Å². The SMILES string of the molecule is CCCCCCOC(=O)CCCCCC(=O)Oc1ccccc1C. The van der Waals surface area contributed by atoms with Crippen molar-refractivity contribution in [1.82, 2.24) is 0 Å². The number of unbranched alkanes of at least 4 members (excludes halogenated alkanes) is 5. The van der Waals surface area contributed by atoms with E-state index in [9.17, 15) is 9.59 Å². The molecule has 0 saturated carbocycles. The third-order valence-electron chi connectivity index (χ3n) is 3.84. The Morgan fingerprint density at radius 3 is 2.25 bits per heavy atom. The number of ether oxygens (including phenoxy) is 2. The van der Waals surface area contributed by atoms with Crippen LogP contribution in [0.2, 0.25) is 0 Å². The van der Waals surface area contributed by atoms with E-state index in [2.05, 4.69) is 6.92 Å². The highest BCUT2D eigenvalue weighted by Crippen LogP contribution is 2.17. The van der Waals surface area contributed by atoms with Crippen molar-refractivity contribution in [1.29, 1.82) is 0 Å². The number of carbonyl (C=O) groups is 2. The lowest BCUT2D eigenvalue weighted by atomic mass is 10.1. The van der Waals surface area contributed by atoms with E-state index in [0.29, 0.717) is 25.2 Å². The molecule has 0 heterocycles. The summed E-state index contributed by atoms with van der Waals surface area (Å²) in [5, 5.41) is 0. The van der Waals surface area contributed by atoms with Crippen molar-refractivity contribution in [3.8, 4) is 5.75 Å². The Labute approximate surface area is 145 Å². The lowest BCUT2D eigenvalue weighted by Gasteiger charge is -2.07. The summed E-state index contributed by atoms with van der Waals surface area (Å²) in [5.41, 5.74) is 0.951. The molecule has 0 fully saturated rings. The van der Waals surface area contributed by atoms with Gasteiger partial charge in [-0.05, 0) is 37.8 Å². The standard InChI is InChI=1S/C20H30O4/c1-3-4-5-11-16-23-19(21)14-7-6-8-15-20(22)24-18-13-10-9-12-17(18)2/h9-10,12-13H,3-8,11,14-16H2,1-2H3. The Kier molecular flexibility index (Phi) is 10.6. The molecule has 0 aromatic heterocycles. The number of hydrogen-bond donors (Lipinski definition) is 0. The normalized spacial score (nSPS) is 10.4. The first-order valence-corrected chi connectivity index (χ1v) is 9.05. The van der Waals surface area contributed by atoms with Gasteiger partial charge in [0.15, 0.2) is 0 Å². The summed E-state index contributed by atoms with van der Waals surface area (Å²) in [4.78, 5) is 23.3.